The third kappa shape index (κ3) is 8.78. The number of ketones is 1. The van der Waals surface area contributed by atoms with Gasteiger partial charge in [-0.2, -0.15) is 0 Å². The highest BCUT2D eigenvalue weighted by Gasteiger charge is 2.46. The third-order valence-corrected chi connectivity index (χ3v) is 7.71. The summed E-state index contributed by atoms with van der Waals surface area (Å²) in [5.41, 5.74) is -0.917. The van der Waals surface area contributed by atoms with Gasteiger partial charge in [-0.3, -0.25) is 19.2 Å². The zero-order chi connectivity index (χ0) is 30.5. The van der Waals surface area contributed by atoms with Crippen molar-refractivity contribution in [2.45, 2.75) is 104 Å². The Morgan fingerprint density at radius 2 is 1.59 bits per heavy atom. The van der Waals surface area contributed by atoms with E-state index in [0.717, 1.165) is 19.3 Å². The quantitative estimate of drug-likeness (QED) is 0.384. The minimum absolute atomic E-state index is 0.182. The number of para-hydroxylation sites is 1. The lowest BCUT2D eigenvalue weighted by molar-refractivity contribution is -0.144. The summed E-state index contributed by atoms with van der Waals surface area (Å²) in [6, 6.07) is 5.90. The SMILES string of the molecule is C[C@H]1CCN(C(=O)[C@@H](NC(=O)OC(C)(C)C)C(C)(C)C)[C@@H]1C(=O)NC(CC1CCC1)C(=O)C(=O)Nc1ccccc1. The molecule has 226 valence electrons. The van der Waals surface area contributed by atoms with Crippen LogP contribution in [0.4, 0.5) is 10.5 Å². The standard InChI is InChI=1S/C31H46N4O6/c1-19-16-17-35(28(39)25(30(2,3)4)34-29(40)41-31(5,6)7)23(19)26(37)33-22(18-20-12-11-13-20)24(36)27(38)32-21-14-9-8-10-15-21/h8-10,14-15,19-20,22-23,25H,11-13,16-18H2,1-7H3,(H,32,38)(H,33,37)(H,34,40)/t19-,22?,23-,25+/m0/s1. The lowest BCUT2D eigenvalue weighted by Crippen LogP contribution is -2.60. The number of amides is 4. The van der Waals surface area contributed by atoms with E-state index in [-0.39, 0.29) is 11.8 Å². The summed E-state index contributed by atoms with van der Waals surface area (Å²) in [7, 11) is 0. The van der Waals surface area contributed by atoms with Gasteiger partial charge in [0.1, 0.15) is 17.7 Å². The Bertz CT molecular complexity index is 1120. The number of hydrogen-bond acceptors (Lipinski definition) is 6. The molecule has 1 aliphatic carbocycles. The number of hydrogen-bond donors (Lipinski definition) is 3. The van der Waals surface area contributed by atoms with Gasteiger partial charge in [-0.15, -0.1) is 0 Å². The van der Waals surface area contributed by atoms with Crippen molar-refractivity contribution >= 4 is 35.3 Å². The van der Waals surface area contributed by atoms with E-state index in [9.17, 15) is 24.0 Å². The summed E-state index contributed by atoms with van der Waals surface area (Å²) in [6.45, 7) is 12.9. The van der Waals surface area contributed by atoms with Gasteiger partial charge in [-0.05, 0) is 63.0 Å². The van der Waals surface area contributed by atoms with Gasteiger partial charge in [0.05, 0.1) is 6.04 Å². The molecule has 4 atom stereocenters. The summed E-state index contributed by atoms with van der Waals surface area (Å²) < 4.78 is 5.39. The highest BCUT2D eigenvalue weighted by Crippen LogP contribution is 2.32. The normalized spacial score (nSPS) is 20.8. The zero-order valence-electron chi connectivity index (χ0n) is 25.4. The highest BCUT2D eigenvalue weighted by molar-refractivity contribution is 6.42. The van der Waals surface area contributed by atoms with Crippen molar-refractivity contribution in [3.05, 3.63) is 30.3 Å². The number of Topliss-reactive ketones (excluding diaryl/α,β-unsaturated/α-hetero) is 1. The van der Waals surface area contributed by atoms with Gasteiger partial charge in [0.2, 0.25) is 17.6 Å². The molecule has 10 heteroatoms. The van der Waals surface area contributed by atoms with Crippen molar-refractivity contribution in [3.63, 3.8) is 0 Å². The summed E-state index contributed by atoms with van der Waals surface area (Å²) >= 11 is 0. The molecule has 10 nitrogen and oxygen atoms in total. The fourth-order valence-corrected chi connectivity index (χ4v) is 5.26. The molecule has 0 spiro atoms. The topological polar surface area (TPSA) is 134 Å². The van der Waals surface area contributed by atoms with Gasteiger partial charge in [0.25, 0.3) is 5.91 Å². The van der Waals surface area contributed by atoms with E-state index in [4.69, 9.17) is 4.74 Å². The average molecular weight is 571 g/mol. The maximum Gasteiger partial charge on any atom is 0.408 e. The first-order valence-electron chi connectivity index (χ1n) is 14.6. The predicted octanol–water partition coefficient (Wildman–Crippen LogP) is 4.05. The Morgan fingerprint density at radius 1 is 0.951 bits per heavy atom. The van der Waals surface area contributed by atoms with Crippen LogP contribution in [0.25, 0.3) is 0 Å². The van der Waals surface area contributed by atoms with E-state index < -0.39 is 58.7 Å². The van der Waals surface area contributed by atoms with Crippen LogP contribution in [0.15, 0.2) is 30.3 Å². The first-order chi connectivity index (χ1) is 19.1. The molecule has 1 saturated carbocycles. The third-order valence-electron chi connectivity index (χ3n) is 7.71. The molecule has 1 aliphatic heterocycles. The average Bonchev–Trinajstić information content (AvgIpc) is 3.23. The molecule has 1 heterocycles. The fraction of sp³-hybridized carbons (Fsp3) is 0.645. The monoisotopic (exact) mass is 570 g/mol. The summed E-state index contributed by atoms with van der Waals surface area (Å²) in [4.78, 5) is 67.8. The molecule has 1 aromatic rings. The van der Waals surface area contributed by atoms with Crippen LogP contribution in [-0.4, -0.2) is 64.8 Å². The second kappa shape index (κ2) is 13.0. The molecule has 1 saturated heterocycles. The van der Waals surface area contributed by atoms with Crippen molar-refractivity contribution < 1.29 is 28.7 Å². The van der Waals surface area contributed by atoms with Gasteiger partial charge < -0.3 is 25.6 Å². The number of rotatable bonds is 9. The van der Waals surface area contributed by atoms with E-state index in [0.29, 0.717) is 25.1 Å². The highest BCUT2D eigenvalue weighted by atomic mass is 16.6. The van der Waals surface area contributed by atoms with Crippen LogP contribution in [-0.2, 0) is 23.9 Å². The van der Waals surface area contributed by atoms with Gasteiger partial charge in [0.15, 0.2) is 0 Å². The number of alkyl carbamates (subject to hydrolysis) is 1. The fourth-order valence-electron chi connectivity index (χ4n) is 5.26. The van der Waals surface area contributed by atoms with Crippen LogP contribution in [0, 0.1) is 17.3 Å². The maximum absolute atomic E-state index is 13.9. The molecule has 2 aliphatic rings. The van der Waals surface area contributed by atoms with Crippen LogP contribution in [0.1, 0.15) is 80.6 Å². The first-order valence-corrected chi connectivity index (χ1v) is 14.6. The van der Waals surface area contributed by atoms with E-state index in [2.05, 4.69) is 16.0 Å². The van der Waals surface area contributed by atoms with Crippen molar-refractivity contribution in [1.82, 2.24) is 15.5 Å². The molecule has 1 aromatic carbocycles. The van der Waals surface area contributed by atoms with Crippen molar-refractivity contribution in [2.24, 2.45) is 17.3 Å². The number of likely N-dealkylation sites (tertiary alicyclic amines) is 1. The number of benzene rings is 1. The predicted molar refractivity (Wildman–Crippen MR) is 156 cm³/mol. The van der Waals surface area contributed by atoms with Crippen LogP contribution in [0.5, 0.6) is 0 Å². The first kappa shape index (κ1) is 32.1. The van der Waals surface area contributed by atoms with E-state index >= 15 is 0 Å². The Labute approximate surface area is 243 Å². The van der Waals surface area contributed by atoms with E-state index in [1.165, 1.54) is 4.90 Å². The summed E-state index contributed by atoms with van der Waals surface area (Å²) in [6.07, 6.45) is 3.17. The van der Waals surface area contributed by atoms with Gasteiger partial charge >= 0.3 is 6.09 Å². The molecular weight excluding hydrogens is 524 g/mol. The molecule has 4 amide bonds. The van der Waals surface area contributed by atoms with Crippen LogP contribution < -0.4 is 16.0 Å². The van der Waals surface area contributed by atoms with Gasteiger partial charge in [-0.25, -0.2) is 4.79 Å². The van der Waals surface area contributed by atoms with Crippen LogP contribution in [0.2, 0.25) is 0 Å². The van der Waals surface area contributed by atoms with Crippen LogP contribution in [0.3, 0.4) is 0 Å². The van der Waals surface area contributed by atoms with Gasteiger partial charge in [0, 0.05) is 12.2 Å². The van der Waals surface area contributed by atoms with E-state index in [1.807, 2.05) is 27.7 Å². The number of carbonyl (C=O) groups excluding carboxylic acids is 5. The molecule has 1 unspecified atom stereocenters. The zero-order valence-corrected chi connectivity index (χ0v) is 25.4. The molecule has 3 rings (SSSR count). The Morgan fingerprint density at radius 3 is 2.12 bits per heavy atom. The molecule has 41 heavy (non-hydrogen) atoms. The molecule has 2 fully saturated rings. The number of carbonyl (C=O) groups is 5. The largest absolute Gasteiger partial charge is 0.444 e. The minimum Gasteiger partial charge on any atom is -0.444 e. The molecule has 0 radical (unpaired) electrons. The lowest BCUT2D eigenvalue weighted by atomic mass is 9.80. The molecular formula is C31H46N4O6. The number of nitrogens with one attached hydrogen (secondary N) is 3. The molecule has 3 N–H and O–H groups in total. The van der Waals surface area contributed by atoms with E-state index in [1.54, 1.807) is 51.1 Å². The Hall–Kier alpha value is -3.43. The van der Waals surface area contributed by atoms with Crippen LogP contribution >= 0.6 is 0 Å². The van der Waals surface area contributed by atoms with Gasteiger partial charge in [-0.1, -0.05) is 65.2 Å². The smallest absolute Gasteiger partial charge is 0.408 e. The number of anilines is 1. The maximum atomic E-state index is 13.9. The Kier molecular flexibility index (Phi) is 10.2. The minimum atomic E-state index is -1.00. The number of nitrogens with zero attached hydrogens (tertiary/aromatic N) is 1. The number of ether oxygens (including phenoxy) is 1. The Balaban J connectivity index is 1.77. The van der Waals surface area contributed by atoms with Crippen molar-refractivity contribution in [2.75, 3.05) is 11.9 Å². The second-order valence-corrected chi connectivity index (χ2v) is 13.5. The molecule has 0 bridgehead atoms. The second-order valence-electron chi connectivity index (χ2n) is 13.5. The van der Waals surface area contributed by atoms with Crippen molar-refractivity contribution in [1.29, 1.82) is 0 Å². The molecule has 0 aromatic heterocycles. The van der Waals surface area contributed by atoms with Crippen molar-refractivity contribution in [3.8, 4) is 0 Å². The summed E-state index contributed by atoms with van der Waals surface area (Å²) in [5.74, 6) is -2.30. The lowest BCUT2D eigenvalue weighted by Gasteiger charge is -2.36. The summed E-state index contributed by atoms with van der Waals surface area (Å²) in [5, 5.41) is 8.17.